The number of carbonyl (C=O) groups excluding carboxylic acids is 1. The number of anilines is 1. The number of hydrogen-bond donors (Lipinski definition) is 1. The number of nitrogens with zero attached hydrogens (tertiary/aromatic N) is 1. The SMILES string of the molecule is Cc1ccc2oc(Cc3ccc(NC(=O)COc4cccc(C)c4C)cc3)nc2c1. The van der Waals surface area contributed by atoms with Crippen molar-refractivity contribution >= 4 is 22.7 Å². The van der Waals surface area contributed by atoms with Gasteiger partial charge in [0.2, 0.25) is 0 Å². The minimum atomic E-state index is -0.196. The third-order valence-electron chi connectivity index (χ3n) is 5.09. The van der Waals surface area contributed by atoms with Crippen LogP contribution in [0, 0.1) is 20.8 Å². The molecule has 1 N–H and O–H groups in total. The molecule has 4 rings (SSSR count). The molecule has 0 fully saturated rings. The molecule has 1 heterocycles. The molecule has 0 aliphatic rings. The smallest absolute Gasteiger partial charge is 0.262 e. The molecule has 1 amide bonds. The summed E-state index contributed by atoms with van der Waals surface area (Å²) in [5, 5.41) is 2.86. The molecule has 0 spiro atoms. The highest BCUT2D eigenvalue weighted by molar-refractivity contribution is 5.91. The Morgan fingerprint density at radius 2 is 1.83 bits per heavy atom. The summed E-state index contributed by atoms with van der Waals surface area (Å²) >= 11 is 0. The highest BCUT2D eigenvalue weighted by atomic mass is 16.5. The number of fused-ring (bicyclic) bond motifs is 1. The monoisotopic (exact) mass is 400 g/mol. The molecule has 1 aromatic heterocycles. The maximum Gasteiger partial charge on any atom is 0.262 e. The Morgan fingerprint density at radius 1 is 1.03 bits per heavy atom. The van der Waals surface area contributed by atoms with Crippen LogP contribution in [0.15, 0.2) is 65.1 Å². The summed E-state index contributed by atoms with van der Waals surface area (Å²) in [4.78, 5) is 16.8. The number of amides is 1. The summed E-state index contributed by atoms with van der Waals surface area (Å²) in [5.41, 5.74) is 6.79. The van der Waals surface area contributed by atoms with E-state index < -0.39 is 0 Å². The van der Waals surface area contributed by atoms with Crippen LogP contribution < -0.4 is 10.1 Å². The van der Waals surface area contributed by atoms with Crippen molar-refractivity contribution < 1.29 is 13.9 Å². The minimum Gasteiger partial charge on any atom is -0.483 e. The lowest BCUT2D eigenvalue weighted by molar-refractivity contribution is -0.118. The average Bonchev–Trinajstić information content (AvgIpc) is 3.12. The largest absolute Gasteiger partial charge is 0.483 e. The van der Waals surface area contributed by atoms with Gasteiger partial charge in [-0.05, 0) is 73.4 Å². The molecule has 0 saturated heterocycles. The number of aromatic nitrogens is 1. The van der Waals surface area contributed by atoms with Gasteiger partial charge in [-0.25, -0.2) is 4.98 Å². The molecule has 0 bridgehead atoms. The highest BCUT2D eigenvalue weighted by Gasteiger charge is 2.09. The first-order chi connectivity index (χ1) is 14.5. The highest BCUT2D eigenvalue weighted by Crippen LogP contribution is 2.21. The van der Waals surface area contributed by atoms with E-state index >= 15 is 0 Å². The molecule has 4 aromatic rings. The number of carbonyl (C=O) groups is 1. The first-order valence-corrected chi connectivity index (χ1v) is 9.92. The second-order valence-corrected chi connectivity index (χ2v) is 7.49. The fourth-order valence-corrected chi connectivity index (χ4v) is 3.26. The van der Waals surface area contributed by atoms with Gasteiger partial charge in [-0.3, -0.25) is 4.79 Å². The molecular weight excluding hydrogens is 376 g/mol. The van der Waals surface area contributed by atoms with E-state index in [1.54, 1.807) is 0 Å². The van der Waals surface area contributed by atoms with Gasteiger partial charge < -0.3 is 14.5 Å². The van der Waals surface area contributed by atoms with Crippen LogP contribution in [0.2, 0.25) is 0 Å². The number of ether oxygens (including phenoxy) is 1. The predicted octanol–water partition coefficient (Wildman–Crippen LogP) is 5.36. The van der Waals surface area contributed by atoms with Gasteiger partial charge in [0, 0.05) is 12.1 Å². The van der Waals surface area contributed by atoms with Crippen LogP contribution in [-0.4, -0.2) is 17.5 Å². The lowest BCUT2D eigenvalue weighted by atomic mass is 10.1. The van der Waals surface area contributed by atoms with Crippen molar-refractivity contribution in [2.75, 3.05) is 11.9 Å². The van der Waals surface area contributed by atoms with Crippen LogP contribution in [0.3, 0.4) is 0 Å². The fraction of sp³-hybridized carbons (Fsp3) is 0.200. The van der Waals surface area contributed by atoms with Gasteiger partial charge >= 0.3 is 0 Å². The summed E-state index contributed by atoms with van der Waals surface area (Å²) in [6.07, 6.45) is 0.595. The van der Waals surface area contributed by atoms with Gasteiger partial charge in [-0.2, -0.15) is 0 Å². The van der Waals surface area contributed by atoms with Crippen molar-refractivity contribution in [3.63, 3.8) is 0 Å². The van der Waals surface area contributed by atoms with Crippen LogP contribution in [0.1, 0.15) is 28.1 Å². The molecule has 5 heteroatoms. The zero-order valence-corrected chi connectivity index (χ0v) is 17.4. The Kier molecular flexibility index (Phi) is 5.53. The lowest BCUT2D eigenvalue weighted by Gasteiger charge is -2.11. The van der Waals surface area contributed by atoms with E-state index in [0.717, 1.165) is 44.8 Å². The molecule has 30 heavy (non-hydrogen) atoms. The number of rotatable bonds is 6. The summed E-state index contributed by atoms with van der Waals surface area (Å²) in [7, 11) is 0. The van der Waals surface area contributed by atoms with Crippen molar-refractivity contribution in [3.05, 3.63) is 88.8 Å². The van der Waals surface area contributed by atoms with E-state index in [0.29, 0.717) is 12.3 Å². The lowest BCUT2D eigenvalue weighted by Crippen LogP contribution is -2.20. The predicted molar refractivity (Wildman–Crippen MR) is 118 cm³/mol. The van der Waals surface area contributed by atoms with Gasteiger partial charge in [0.25, 0.3) is 5.91 Å². The zero-order chi connectivity index (χ0) is 21.1. The molecule has 152 valence electrons. The quantitative estimate of drug-likeness (QED) is 0.473. The molecule has 0 aliphatic carbocycles. The Hall–Kier alpha value is -3.60. The second kappa shape index (κ2) is 8.41. The van der Waals surface area contributed by atoms with Crippen LogP contribution in [0.4, 0.5) is 5.69 Å². The molecular formula is C25H24N2O3. The Bertz CT molecular complexity index is 1190. The van der Waals surface area contributed by atoms with Gasteiger partial charge in [-0.15, -0.1) is 0 Å². The first-order valence-electron chi connectivity index (χ1n) is 9.92. The summed E-state index contributed by atoms with van der Waals surface area (Å²) in [6, 6.07) is 19.5. The number of benzene rings is 3. The molecule has 0 unspecified atom stereocenters. The van der Waals surface area contributed by atoms with Crippen LogP contribution in [-0.2, 0) is 11.2 Å². The van der Waals surface area contributed by atoms with Crippen LogP contribution in [0.5, 0.6) is 5.75 Å². The third kappa shape index (κ3) is 4.51. The van der Waals surface area contributed by atoms with E-state index in [-0.39, 0.29) is 12.5 Å². The van der Waals surface area contributed by atoms with Gasteiger partial charge in [0.15, 0.2) is 18.1 Å². The molecule has 0 atom stereocenters. The summed E-state index contributed by atoms with van der Waals surface area (Å²) in [5.74, 6) is 1.21. The second-order valence-electron chi connectivity index (χ2n) is 7.49. The molecule has 3 aromatic carbocycles. The van der Waals surface area contributed by atoms with Crippen molar-refractivity contribution in [3.8, 4) is 5.75 Å². The van der Waals surface area contributed by atoms with Gasteiger partial charge in [-0.1, -0.05) is 30.3 Å². The number of hydrogen-bond acceptors (Lipinski definition) is 4. The van der Waals surface area contributed by atoms with E-state index in [4.69, 9.17) is 9.15 Å². The Morgan fingerprint density at radius 3 is 2.63 bits per heavy atom. The van der Waals surface area contributed by atoms with Crippen molar-refractivity contribution in [1.82, 2.24) is 4.98 Å². The van der Waals surface area contributed by atoms with E-state index in [1.165, 1.54) is 0 Å². The summed E-state index contributed by atoms with van der Waals surface area (Å²) in [6.45, 7) is 6.01. The number of aryl methyl sites for hydroxylation is 2. The van der Waals surface area contributed by atoms with Crippen LogP contribution in [0.25, 0.3) is 11.1 Å². The fourth-order valence-electron chi connectivity index (χ4n) is 3.26. The zero-order valence-electron chi connectivity index (χ0n) is 17.4. The molecule has 0 saturated carbocycles. The molecule has 0 aliphatic heterocycles. The number of oxazole rings is 1. The Balaban J connectivity index is 1.34. The topological polar surface area (TPSA) is 64.4 Å². The number of nitrogens with one attached hydrogen (secondary N) is 1. The van der Waals surface area contributed by atoms with E-state index in [1.807, 2.05) is 81.4 Å². The standard InChI is InChI=1S/C25H24N2O3/c1-16-7-12-23-21(13-16)27-25(30-23)14-19-8-10-20(11-9-19)26-24(28)15-29-22-6-4-5-17(2)18(22)3/h4-13H,14-15H2,1-3H3,(H,26,28). The normalized spacial score (nSPS) is 10.9. The average molecular weight is 400 g/mol. The van der Waals surface area contributed by atoms with Crippen molar-refractivity contribution in [2.45, 2.75) is 27.2 Å². The van der Waals surface area contributed by atoms with Gasteiger partial charge in [0.05, 0.1) is 0 Å². The molecule has 0 radical (unpaired) electrons. The Labute approximate surface area is 175 Å². The third-order valence-corrected chi connectivity index (χ3v) is 5.09. The van der Waals surface area contributed by atoms with Crippen molar-refractivity contribution in [2.24, 2.45) is 0 Å². The van der Waals surface area contributed by atoms with Crippen molar-refractivity contribution in [1.29, 1.82) is 0 Å². The van der Waals surface area contributed by atoms with E-state index in [2.05, 4.69) is 10.3 Å². The van der Waals surface area contributed by atoms with Gasteiger partial charge in [0.1, 0.15) is 11.3 Å². The maximum atomic E-state index is 12.2. The maximum absolute atomic E-state index is 12.2. The van der Waals surface area contributed by atoms with E-state index in [9.17, 15) is 4.79 Å². The van der Waals surface area contributed by atoms with Crippen LogP contribution >= 0.6 is 0 Å². The molecule has 5 nitrogen and oxygen atoms in total. The minimum absolute atomic E-state index is 0.0334. The first kappa shape index (κ1) is 19.7. The summed E-state index contributed by atoms with van der Waals surface area (Å²) < 4.78 is 11.5.